The number of carboxylic acids is 1. The molecule has 7 heteroatoms. The lowest BCUT2D eigenvalue weighted by atomic mass is 9.96. The molecule has 1 aromatic heterocycles. The molecular weight excluding hydrogens is 346 g/mol. The van der Waals surface area contributed by atoms with Crippen LogP contribution < -0.4 is 0 Å². The zero-order valence-corrected chi connectivity index (χ0v) is 15.7. The quantitative estimate of drug-likeness (QED) is 0.837. The maximum atomic E-state index is 12.7. The van der Waals surface area contributed by atoms with Crippen LogP contribution in [0.25, 0.3) is 0 Å². The number of carboxylic acid groups (broad SMARTS) is 1. The minimum absolute atomic E-state index is 0.0347. The lowest BCUT2D eigenvalue weighted by Crippen LogP contribution is -2.39. The summed E-state index contributed by atoms with van der Waals surface area (Å²) in [5.41, 5.74) is 0.946. The maximum absolute atomic E-state index is 12.7. The molecule has 1 aliphatic rings. The van der Waals surface area contributed by atoms with E-state index in [4.69, 9.17) is 4.52 Å². The minimum Gasteiger partial charge on any atom is -0.478 e. The summed E-state index contributed by atoms with van der Waals surface area (Å²) in [4.78, 5) is 30.3. The average molecular weight is 371 g/mol. The summed E-state index contributed by atoms with van der Waals surface area (Å²) in [5, 5.41) is 13.4. The number of aromatic nitrogens is 2. The van der Waals surface area contributed by atoms with Crippen molar-refractivity contribution in [3.8, 4) is 0 Å². The first-order chi connectivity index (χ1) is 13.0. The van der Waals surface area contributed by atoms with Gasteiger partial charge in [-0.3, -0.25) is 4.79 Å². The number of piperidine rings is 1. The summed E-state index contributed by atoms with van der Waals surface area (Å²) < 4.78 is 5.30. The van der Waals surface area contributed by atoms with Crippen molar-refractivity contribution in [1.82, 2.24) is 15.0 Å². The van der Waals surface area contributed by atoms with Crippen LogP contribution in [0.15, 0.2) is 28.8 Å². The molecule has 0 saturated carbocycles. The van der Waals surface area contributed by atoms with Gasteiger partial charge in [0.15, 0.2) is 5.82 Å². The second-order valence-electron chi connectivity index (χ2n) is 7.29. The number of likely N-dealkylation sites (tertiary alicyclic amines) is 1. The van der Waals surface area contributed by atoms with Crippen molar-refractivity contribution in [2.24, 2.45) is 0 Å². The fourth-order valence-electron chi connectivity index (χ4n) is 3.41. The molecule has 1 amide bonds. The van der Waals surface area contributed by atoms with Crippen molar-refractivity contribution in [3.63, 3.8) is 0 Å². The molecule has 1 N–H and O–H groups in total. The number of hydrogen-bond donors (Lipinski definition) is 1. The highest BCUT2D eigenvalue weighted by atomic mass is 16.5. The average Bonchev–Trinajstić information content (AvgIpc) is 3.17. The Morgan fingerprint density at radius 2 is 2.11 bits per heavy atom. The summed E-state index contributed by atoms with van der Waals surface area (Å²) in [6.07, 6.45) is 2.54. The lowest BCUT2D eigenvalue weighted by Gasteiger charge is -2.31. The molecule has 2 aromatic rings. The van der Waals surface area contributed by atoms with Gasteiger partial charge in [-0.05, 0) is 30.9 Å². The SMILES string of the molecule is CC(C)c1nc(C2CCCN(C(=O)CCc3ccccc3C(=O)O)C2)no1. The van der Waals surface area contributed by atoms with Crippen LogP contribution in [-0.2, 0) is 11.2 Å². The highest BCUT2D eigenvalue weighted by Gasteiger charge is 2.28. The van der Waals surface area contributed by atoms with E-state index < -0.39 is 5.97 Å². The molecule has 1 saturated heterocycles. The molecule has 1 atom stereocenters. The summed E-state index contributed by atoms with van der Waals surface area (Å²) in [7, 11) is 0. The number of aromatic carboxylic acids is 1. The Bertz CT molecular complexity index is 815. The third kappa shape index (κ3) is 4.53. The number of hydrogen-bond acceptors (Lipinski definition) is 5. The second kappa shape index (κ2) is 8.33. The van der Waals surface area contributed by atoms with E-state index >= 15 is 0 Å². The summed E-state index contributed by atoms with van der Waals surface area (Å²) in [6, 6.07) is 6.83. The van der Waals surface area contributed by atoms with Crippen molar-refractivity contribution < 1.29 is 19.2 Å². The lowest BCUT2D eigenvalue weighted by molar-refractivity contribution is -0.132. The third-order valence-corrected chi connectivity index (χ3v) is 4.95. The van der Waals surface area contributed by atoms with Crippen LogP contribution in [0.3, 0.4) is 0 Å². The smallest absolute Gasteiger partial charge is 0.335 e. The van der Waals surface area contributed by atoms with Gasteiger partial charge >= 0.3 is 5.97 Å². The number of carbonyl (C=O) groups excluding carboxylic acids is 1. The second-order valence-corrected chi connectivity index (χ2v) is 7.29. The first-order valence-corrected chi connectivity index (χ1v) is 9.38. The van der Waals surface area contributed by atoms with Crippen LogP contribution in [0, 0.1) is 0 Å². The van der Waals surface area contributed by atoms with E-state index in [0.717, 1.165) is 12.8 Å². The van der Waals surface area contributed by atoms with Crippen LogP contribution in [0.2, 0.25) is 0 Å². The van der Waals surface area contributed by atoms with Crippen molar-refractivity contribution in [2.45, 2.75) is 51.4 Å². The third-order valence-electron chi connectivity index (χ3n) is 4.95. The molecule has 1 fully saturated rings. The van der Waals surface area contributed by atoms with Gasteiger partial charge in [0.05, 0.1) is 5.56 Å². The monoisotopic (exact) mass is 371 g/mol. The molecule has 27 heavy (non-hydrogen) atoms. The highest BCUT2D eigenvalue weighted by Crippen LogP contribution is 2.26. The Morgan fingerprint density at radius 1 is 1.33 bits per heavy atom. The largest absolute Gasteiger partial charge is 0.478 e. The van der Waals surface area contributed by atoms with Gasteiger partial charge in [0.25, 0.3) is 0 Å². The molecular formula is C20H25N3O4. The molecule has 2 heterocycles. The van der Waals surface area contributed by atoms with Crippen molar-refractivity contribution in [1.29, 1.82) is 0 Å². The number of aryl methyl sites for hydroxylation is 1. The molecule has 7 nitrogen and oxygen atoms in total. The Morgan fingerprint density at radius 3 is 2.81 bits per heavy atom. The summed E-state index contributed by atoms with van der Waals surface area (Å²) >= 11 is 0. The van der Waals surface area contributed by atoms with Crippen LogP contribution >= 0.6 is 0 Å². The van der Waals surface area contributed by atoms with Crippen LogP contribution in [-0.4, -0.2) is 45.1 Å². The molecule has 0 bridgehead atoms. The van der Waals surface area contributed by atoms with E-state index in [2.05, 4.69) is 10.1 Å². The Labute approximate surface area is 158 Å². The van der Waals surface area contributed by atoms with Gasteiger partial charge in [-0.2, -0.15) is 4.98 Å². The zero-order chi connectivity index (χ0) is 19.4. The van der Waals surface area contributed by atoms with Crippen LogP contribution in [0.1, 0.15) is 72.6 Å². The fourth-order valence-corrected chi connectivity index (χ4v) is 3.41. The minimum atomic E-state index is -0.964. The Hall–Kier alpha value is -2.70. The Balaban J connectivity index is 1.61. The van der Waals surface area contributed by atoms with E-state index in [0.29, 0.717) is 43.2 Å². The maximum Gasteiger partial charge on any atom is 0.335 e. The highest BCUT2D eigenvalue weighted by molar-refractivity contribution is 5.89. The van der Waals surface area contributed by atoms with Crippen molar-refractivity contribution in [3.05, 3.63) is 47.1 Å². The molecule has 3 rings (SSSR count). The standard InChI is InChI=1S/C20H25N3O4/c1-13(2)19-21-18(22-27-19)15-7-5-11-23(12-15)17(24)10-9-14-6-3-4-8-16(14)20(25)26/h3-4,6,8,13,15H,5,7,9-12H2,1-2H3,(H,25,26). The van der Waals surface area contributed by atoms with E-state index in [1.165, 1.54) is 0 Å². The van der Waals surface area contributed by atoms with E-state index in [1.54, 1.807) is 24.3 Å². The van der Waals surface area contributed by atoms with Gasteiger partial charge in [-0.1, -0.05) is 37.2 Å². The van der Waals surface area contributed by atoms with Crippen LogP contribution in [0.5, 0.6) is 0 Å². The molecule has 144 valence electrons. The van der Waals surface area contributed by atoms with Gasteiger partial charge in [0, 0.05) is 31.3 Å². The topological polar surface area (TPSA) is 96.5 Å². The first kappa shape index (κ1) is 19.1. The molecule has 1 aliphatic heterocycles. The van der Waals surface area contributed by atoms with Gasteiger partial charge in [0.2, 0.25) is 11.8 Å². The predicted molar refractivity (Wildman–Crippen MR) is 98.7 cm³/mol. The first-order valence-electron chi connectivity index (χ1n) is 9.38. The molecule has 0 spiro atoms. The van der Waals surface area contributed by atoms with E-state index in [-0.39, 0.29) is 23.3 Å². The number of benzene rings is 1. The molecule has 0 radical (unpaired) electrons. The number of amides is 1. The summed E-state index contributed by atoms with van der Waals surface area (Å²) in [5.74, 6) is 0.639. The van der Waals surface area contributed by atoms with E-state index in [9.17, 15) is 14.7 Å². The van der Waals surface area contributed by atoms with Gasteiger partial charge < -0.3 is 14.5 Å². The van der Waals surface area contributed by atoms with Crippen molar-refractivity contribution in [2.75, 3.05) is 13.1 Å². The molecule has 1 aromatic carbocycles. The van der Waals surface area contributed by atoms with Crippen molar-refractivity contribution >= 4 is 11.9 Å². The van der Waals surface area contributed by atoms with E-state index in [1.807, 2.05) is 18.7 Å². The number of carbonyl (C=O) groups is 2. The van der Waals surface area contributed by atoms with Gasteiger partial charge in [0.1, 0.15) is 0 Å². The molecule has 1 unspecified atom stereocenters. The van der Waals surface area contributed by atoms with Gasteiger partial charge in [-0.15, -0.1) is 0 Å². The van der Waals surface area contributed by atoms with Crippen LogP contribution in [0.4, 0.5) is 0 Å². The molecule has 0 aliphatic carbocycles. The number of nitrogens with zero attached hydrogens (tertiary/aromatic N) is 3. The summed E-state index contributed by atoms with van der Waals surface area (Å²) in [6.45, 7) is 5.30. The number of rotatable bonds is 6. The van der Waals surface area contributed by atoms with Gasteiger partial charge in [-0.25, -0.2) is 4.79 Å². The normalized spacial score (nSPS) is 17.3. The Kier molecular flexibility index (Phi) is 5.88. The predicted octanol–water partition coefficient (Wildman–Crippen LogP) is 3.23. The zero-order valence-electron chi connectivity index (χ0n) is 15.7. The fraction of sp³-hybridized carbons (Fsp3) is 0.500.